The summed E-state index contributed by atoms with van der Waals surface area (Å²) in [4.78, 5) is 0. The van der Waals surface area contributed by atoms with E-state index in [0.29, 0.717) is 0 Å². The summed E-state index contributed by atoms with van der Waals surface area (Å²) in [6.45, 7) is 0.367. The third-order valence-corrected chi connectivity index (χ3v) is 1.90. The maximum absolute atomic E-state index is 12.5. The summed E-state index contributed by atoms with van der Waals surface area (Å²) in [6.07, 6.45) is -3.75. The van der Waals surface area contributed by atoms with E-state index in [1.165, 1.54) is 12.1 Å². The fraction of sp³-hybridized carbons (Fsp3) is 0.400. The van der Waals surface area contributed by atoms with Gasteiger partial charge in [-0.15, -0.1) is 0 Å². The van der Waals surface area contributed by atoms with Crippen LogP contribution in [0.3, 0.4) is 0 Å². The number of nitrogens with two attached hydrogens (primary N) is 1. The number of anilines is 1. The van der Waals surface area contributed by atoms with E-state index in [0.717, 1.165) is 5.56 Å². The maximum Gasteiger partial charge on any atom is 0.340 e. The van der Waals surface area contributed by atoms with Gasteiger partial charge in [0, 0.05) is 0 Å². The zero-order chi connectivity index (χ0) is 12.3. The van der Waals surface area contributed by atoms with Gasteiger partial charge in [0.25, 0.3) is 0 Å². The van der Waals surface area contributed by atoms with Crippen molar-refractivity contribution in [2.45, 2.75) is 19.3 Å². The fourth-order valence-electron chi connectivity index (χ4n) is 1.04. The summed E-state index contributed by atoms with van der Waals surface area (Å²) in [5.74, 6) is -4.19. The summed E-state index contributed by atoms with van der Waals surface area (Å²) in [5.41, 5.74) is 6.44. The Morgan fingerprint density at radius 3 is 2.50 bits per heavy atom. The van der Waals surface area contributed by atoms with Gasteiger partial charge >= 0.3 is 12.3 Å². The second kappa shape index (κ2) is 4.59. The van der Waals surface area contributed by atoms with Crippen LogP contribution in [0.15, 0.2) is 18.2 Å². The van der Waals surface area contributed by atoms with Crippen molar-refractivity contribution < 1.29 is 22.3 Å². The van der Waals surface area contributed by atoms with Crippen LogP contribution in [0.25, 0.3) is 0 Å². The van der Waals surface area contributed by atoms with E-state index in [4.69, 9.17) is 5.73 Å². The summed E-state index contributed by atoms with van der Waals surface area (Å²) < 4.78 is 53.3. The van der Waals surface area contributed by atoms with Crippen LogP contribution in [-0.4, -0.2) is 19.0 Å². The molecule has 0 heterocycles. The number of benzene rings is 1. The zero-order valence-corrected chi connectivity index (χ0v) is 8.51. The van der Waals surface area contributed by atoms with Crippen molar-refractivity contribution in [3.63, 3.8) is 0 Å². The number of hydrogen-bond donors (Lipinski definition) is 1. The molecule has 0 aliphatic heterocycles. The quantitative estimate of drug-likeness (QED) is 0.645. The molecule has 6 heteroatoms. The lowest BCUT2D eigenvalue weighted by Crippen LogP contribution is -2.33. The number of alkyl halides is 4. The van der Waals surface area contributed by atoms with Gasteiger partial charge in [0.15, 0.2) is 6.61 Å². The Morgan fingerprint density at radius 1 is 1.38 bits per heavy atom. The molecular weight excluding hydrogens is 226 g/mol. The predicted molar refractivity (Wildman–Crippen MR) is 52.0 cm³/mol. The van der Waals surface area contributed by atoms with Crippen molar-refractivity contribution in [1.82, 2.24) is 0 Å². The smallest absolute Gasteiger partial charge is 0.340 e. The number of hydrogen-bond acceptors (Lipinski definition) is 2. The highest BCUT2D eigenvalue weighted by atomic mass is 19.3. The van der Waals surface area contributed by atoms with E-state index in [1.807, 2.05) is 0 Å². The Labute approximate surface area is 90.0 Å². The molecule has 1 rings (SSSR count). The monoisotopic (exact) mass is 237 g/mol. The second-order valence-electron chi connectivity index (χ2n) is 3.39. The standard InChI is InChI=1S/C10H11F4NO/c1-6-2-3-8(7(15)4-6)16-5-10(13,14)9(11)12/h2-4,9H,5,15H2,1H3. The molecule has 0 saturated carbocycles. The Balaban J connectivity index is 2.68. The molecule has 2 N–H and O–H groups in total. The first-order chi connectivity index (χ1) is 7.33. The Kier molecular flexibility index (Phi) is 3.62. The molecule has 0 unspecified atom stereocenters. The predicted octanol–water partition coefficient (Wildman–Crippen LogP) is 2.86. The summed E-state index contributed by atoms with van der Waals surface area (Å²) in [6, 6.07) is 4.47. The van der Waals surface area contributed by atoms with E-state index >= 15 is 0 Å². The molecule has 90 valence electrons. The van der Waals surface area contributed by atoms with E-state index in [2.05, 4.69) is 4.74 Å². The average molecular weight is 237 g/mol. The van der Waals surface area contributed by atoms with E-state index in [-0.39, 0.29) is 11.4 Å². The van der Waals surface area contributed by atoms with Crippen LogP contribution in [0.1, 0.15) is 5.56 Å². The topological polar surface area (TPSA) is 35.2 Å². The first-order valence-electron chi connectivity index (χ1n) is 4.48. The van der Waals surface area contributed by atoms with Crippen LogP contribution in [0.2, 0.25) is 0 Å². The van der Waals surface area contributed by atoms with Crippen LogP contribution >= 0.6 is 0 Å². The van der Waals surface area contributed by atoms with Gasteiger partial charge in [-0.2, -0.15) is 8.78 Å². The van der Waals surface area contributed by atoms with Crippen LogP contribution in [0, 0.1) is 6.92 Å². The fourth-order valence-corrected chi connectivity index (χ4v) is 1.04. The van der Waals surface area contributed by atoms with Gasteiger partial charge in [-0.3, -0.25) is 0 Å². The van der Waals surface area contributed by atoms with Gasteiger partial charge in [0.1, 0.15) is 5.75 Å². The van der Waals surface area contributed by atoms with Gasteiger partial charge in [-0.1, -0.05) is 6.07 Å². The van der Waals surface area contributed by atoms with Crippen LogP contribution in [-0.2, 0) is 0 Å². The van der Waals surface area contributed by atoms with Crippen molar-refractivity contribution in [2.24, 2.45) is 0 Å². The third-order valence-electron chi connectivity index (χ3n) is 1.90. The SMILES string of the molecule is Cc1ccc(OCC(F)(F)C(F)F)c(N)c1. The number of ether oxygens (including phenoxy) is 1. The molecule has 1 aromatic carbocycles. The lowest BCUT2D eigenvalue weighted by molar-refractivity contribution is -0.148. The van der Waals surface area contributed by atoms with Crippen molar-refractivity contribution in [2.75, 3.05) is 12.3 Å². The lowest BCUT2D eigenvalue weighted by Gasteiger charge is -2.16. The van der Waals surface area contributed by atoms with Gasteiger partial charge in [-0.05, 0) is 24.6 Å². The Morgan fingerprint density at radius 2 is 2.00 bits per heavy atom. The van der Waals surface area contributed by atoms with Crippen LogP contribution < -0.4 is 10.5 Å². The van der Waals surface area contributed by atoms with Gasteiger partial charge in [-0.25, -0.2) is 8.78 Å². The molecule has 0 amide bonds. The zero-order valence-electron chi connectivity index (χ0n) is 8.51. The number of nitrogen functional groups attached to an aromatic ring is 1. The highest BCUT2D eigenvalue weighted by molar-refractivity contribution is 5.54. The maximum atomic E-state index is 12.5. The molecule has 2 nitrogen and oxygen atoms in total. The molecule has 1 aromatic rings. The lowest BCUT2D eigenvalue weighted by atomic mass is 10.2. The van der Waals surface area contributed by atoms with Gasteiger partial charge in [0.2, 0.25) is 0 Å². The average Bonchev–Trinajstić information content (AvgIpc) is 2.16. The molecule has 0 aliphatic carbocycles. The minimum Gasteiger partial charge on any atom is -0.485 e. The number of rotatable bonds is 4. The molecule has 0 fully saturated rings. The summed E-state index contributed by atoms with van der Waals surface area (Å²) >= 11 is 0. The molecular formula is C10H11F4NO. The van der Waals surface area contributed by atoms with E-state index < -0.39 is 19.0 Å². The van der Waals surface area contributed by atoms with E-state index in [1.54, 1.807) is 13.0 Å². The van der Waals surface area contributed by atoms with Crippen LogP contribution in [0.4, 0.5) is 23.2 Å². The first-order valence-corrected chi connectivity index (χ1v) is 4.48. The molecule has 0 bridgehead atoms. The number of halogens is 4. The summed E-state index contributed by atoms with van der Waals surface area (Å²) in [5, 5.41) is 0. The normalized spacial score (nSPS) is 11.9. The minimum absolute atomic E-state index is 0.0223. The highest BCUT2D eigenvalue weighted by Gasteiger charge is 2.41. The van der Waals surface area contributed by atoms with Gasteiger partial charge < -0.3 is 10.5 Å². The van der Waals surface area contributed by atoms with Crippen molar-refractivity contribution in [3.05, 3.63) is 23.8 Å². The molecule has 0 spiro atoms. The number of aryl methyl sites for hydroxylation is 1. The Bertz CT molecular complexity index is 368. The largest absolute Gasteiger partial charge is 0.485 e. The molecule has 0 aromatic heterocycles. The second-order valence-corrected chi connectivity index (χ2v) is 3.39. The molecule has 0 atom stereocenters. The highest BCUT2D eigenvalue weighted by Crippen LogP contribution is 2.27. The third kappa shape index (κ3) is 3.01. The van der Waals surface area contributed by atoms with Crippen molar-refractivity contribution >= 4 is 5.69 Å². The molecule has 16 heavy (non-hydrogen) atoms. The van der Waals surface area contributed by atoms with E-state index in [9.17, 15) is 17.6 Å². The van der Waals surface area contributed by atoms with Crippen molar-refractivity contribution in [3.8, 4) is 5.75 Å². The van der Waals surface area contributed by atoms with Crippen LogP contribution in [0.5, 0.6) is 5.75 Å². The van der Waals surface area contributed by atoms with Gasteiger partial charge in [0.05, 0.1) is 5.69 Å². The molecule has 0 radical (unpaired) electrons. The summed E-state index contributed by atoms with van der Waals surface area (Å²) in [7, 11) is 0. The minimum atomic E-state index is -4.17. The van der Waals surface area contributed by atoms with Crippen molar-refractivity contribution in [1.29, 1.82) is 0 Å². The molecule has 0 saturated heterocycles. The Hall–Kier alpha value is -1.46. The molecule has 0 aliphatic rings. The first kappa shape index (κ1) is 12.6.